The van der Waals surface area contributed by atoms with Gasteiger partial charge in [-0.25, -0.2) is 4.98 Å². The third-order valence-corrected chi connectivity index (χ3v) is 4.49. The van der Waals surface area contributed by atoms with Crippen molar-refractivity contribution in [3.8, 4) is 0 Å². The number of hydrogen-bond acceptors (Lipinski definition) is 6. The van der Waals surface area contributed by atoms with Crippen molar-refractivity contribution in [2.75, 3.05) is 6.54 Å². The molecule has 1 N–H and O–H groups in total. The number of nitro benzene ring substituents is 1. The number of carbonyl (C=O) groups is 2. The minimum absolute atomic E-state index is 0.114. The standard InChI is InChI=1S/C18H18N4O5/c1-12(23)15-16(13-5-2-3-6-14(13)22(26)27)21(18(25)17(15)24)9-4-8-20-10-7-19-11-20/h2-3,5-7,10-11,16,24H,4,8-9H2,1H3. The van der Waals surface area contributed by atoms with Crippen LogP contribution >= 0.6 is 0 Å². The molecule has 9 nitrogen and oxygen atoms in total. The van der Waals surface area contributed by atoms with Gasteiger partial charge >= 0.3 is 0 Å². The smallest absolute Gasteiger partial charge is 0.290 e. The molecule has 3 rings (SSSR count). The number of aliphatic hydroxyl groups excluding tert-OH is 1. The van der Waals surface area contributed by atoms with Gasteiger partial charge in [0.1, 0.15) is 0 Å². The fourth-order valence-corrected chi connectivity index (χ4v) is 3.29. The van der Waals surface area contributed by atoms with E-state index >= 15 is 0 Å². The van der Waals surface area contributed by atoms with Gasteiger partial charge in [0, 0.05) is 31.5 Å². The number of aryl methyl sites for hydroxylation is 1. The van der Waals surface area contributed by atoms with Crippen LogP contribution in [0.15, 0.2) is 54.3 Å². The van der Waals surface area contributed by atoms with Crippen molar-refractivity contribution in [2.45, 2.75) is 25.9 Å². The highest BCUT2D eigenvalue weighted by Gasteiger charge is 2.44. The summed E-state index contributed by atoms with van der Waals surface area (Å²) in [6.07, 6.45) is 5.58. The van der Waals surface area contributed by atoms with E-state index in [0.717, 1.165) is 0 Å². The molecule has 27 heavy (non-hydrogen) atoms. The van der Waals surface area contributed by atoms with E-state index in [1.54, 1.807) is 24.8 Å². The summed E-state index contributed by atoms with van der Waals surface area (Å²) in [6, 6.07) is 4.94. The molecular formula is C18H18N4O5. The Bertz CT molecular complexity index is 920. The van der Waals surface area contributed by atoms with Gasteiger partial charge in [-0.2, -0.15) is 0 Å². The minimum Gasteiger partial charge on any atom is -0.503 e. The second-order valence-electron chi connectivity index (χ2n) is 6.19. The molecule has 140 valence electrons. The van der Waals surface area contributed by atoms with Crippen LogP contribution in [0.3, 0.4) is 0 Å². The van der Waals surface area contributed by atoms with E-state index < -0.39 is 28.4 Å². The molecule has 1 atom stereocenters. The average Bonchev–Trinajstić information content (AvgIpc) is 3.23. The number of hydrogen-bond donors (Lipinski definition) is 1. The number of ketones is 1. The molecule has 1 aliphatic heterocycles. The van der Waals surface area contributed by atoms with Crippen LogP contribution in [0.5, 0.6) is 0 Å². The van der Waals surface area contributed by atoms with Crippen molar-refractivity contribution < 1.29 is 19.6 Å². The Labute approximate surface area is 154 Å². The number of nitrogens with zero attached hydrogens (tertiary/aromatic N) is 4. The largest absolute Gasteiger partial charge is 0.503 e. The van der Waals surface area contributed by atoms with Crippen LogP contribution in [0, 0.1) is 10.1 Å². The number of carbonyl (C=O) groups excluding carboxylic acids is 2. The van der Waals surface area contributed by atoms with Crippen LogP contribution < -0.4 is 0 Å². The highest BCUT2D eigenvalue weighted by Crippen LogP contribution is 2.41. The first-order valence-electron chi connectivity index (χ1n) is 8.36. The lowest BCUT2D eigenvalue weighted by Crippen LogP contribution is -2.32. The average molecular weight is 370 g/mol. The molecule has 0 saturated carbocycles. The van der Waals surface area contributed by atoms with Crippen molar-refractivity contribution in [3.63, 3.8) is 0 Å². The summed E-state index contributed by atoms with van der Waals surface area (Å²) in [5.41, 5.74) is -0.118. The number of para-hydroxylation sites is 1. The number of Topliss-reactive ketones (excluding diaryl/α,β-unsaturated/α-hetero) is 1. The van der Waals surface area contributed by atoms with Gasteiger partial charge in [-0.1, -0.05) is 12.1 Å². The van der Waals surface area contributed by atoms with E-state index in [1.165, 1.54) is 30.0 Å². The lowest BCUT2D eigenvalue weighted by atomic mass is 9.95. The molecule has 2 aromatic rings. The normalized spacial score (nSPS) is 16.9. The van der Waals surface area contributed by atoms with Crippen molar-refractivity contribution >= 4 is 17.4 Å². The van der Waals surface area contributed by atoms with Gasteiger partial charge in [0.25, 0.3) is 11.6 Å². The molecule has 0 fully saturated rings. The fraction of sp³-hybridized carbons (Fsp3) is 0.278. The van der Waals surface area contributed by atoms with Crippen LogP contribution in [0.25, 0.3) is 0 Å². The van der Waals surface area contributed by atoms with E-state index in [4.69, 9.17) is 0 Å². The van der Waals surface area contributed by atoms with Crippen molar-refractivity contribution in [3.05, 3.63) is 70.0 Å². The van der Waals surface area contributed by atoms with E-state index in [9.17, 15) is 24.8 Å². The summed E-state index contributed by atoms with van der Waals surface area (Å²) >= 11 is 0. The summed E-state index contributed by atoms with van der Waals surface area (Å²) in [5.74, 6) is -1.84. The highest BCUT2D eigenvalue weighted by molar-refractivity contribution is 6.08. The molecule has 1 aromatic heterocycles. The molecular weight excluding hydrogens is 352 g/mol. The van der Waals surface area contributed by atoms with Crippen LogP contribution in [0.2, 0.25) is 0 Å². The maximum absolute atomic E-state index is 12.6. The summed E-state index contributed by atoms with van der Waals surface area (Å²) < 4.78 is 1.83. The van der Waals surface area contributed by atoms with E-state index in [-0.39, 0.29) is 23.4 Å². The van der Waals surface area contributed by atoms with Crippen molar-refractivity contribution in [1.82, 2.24) is 14.5 Å². The van der Waals surface area contributed by atoms with Gasteiger partial charge in [-0.05, 0) is 19.4 Å². The molecule has 9 heteroatoms. The van der Waals surface area contributed by atoms with E-state index in [1.807, 2.05) is 4.57 Å². The SMILES string of the molecule is CC(=O)C1=C(O)C(=O)N(CCCn2ccnc2)C1c1ccccc1[N+](=O)[O-]. The number of aliphatic hydroxyl groups is 1. The zero-order valence-corrected chi connectivity index (χ0v) is 14.6. The number of rotatable bonds is 7. The first kappa shape index (κ1) is 18.3. The Morgan fingerprint density at radius 2 is 2.07 bits per heavy atom. The number of nitro groups is 1. The number of imidazole rings is 1. The van der Waals surface area contributed by atoms with E-state index in [0.29, 0.717) is 13.0 Å². The third kappa shape index (κ3) is 3.43. The molecule has 0 radical (unpaired) electrons. The molecule has 1 unspecified atom stereocenters. The number of amides is 1. The highest BCUT2D eigenvalue weighted by atomic mass is 16.6. The maximum Gasteiger partial charge on any atom is 0.290 e. The Morgan fingerprint density at radius 3 is 2.70 bits per heavy atom. The number of benzene rings is 1. The van der Waals surface area contributed by atoms with Crippen LogP contribution in [0.1, 0.15) is 24.9 Å². The Kier molecular flexibility index (Phi) is 5.02. The monoisotopic (exact) mass is 370 g/mol. The molecule has 0 spiro atoms. The first-order valence-corrected chi connectivity index (χ1v) is 8.36. The summed E-state index contributed by atoms with van der Waals surface area (Å²) in [6.45, 7) is 2.02. The van der Waals surface area contributed by atoms with Gasteiger partial charge in [-0.15, -0.1) is 0 Å². The van der Waals surface area contributed by atoms with Crippen LogP contribution in [-0.2, 0) is 16.1 Å². The van der Waals surface area contributed by atoms with Crippen molar-refractivity contribution in [2.24, 2.45) is 0 Å². The first-order chi connectivity index (χ1) is 12.9. The predicted octanol–water partition coefficient (Wildman–Crippen LogP) is 2.17. The fourth-order valence-electron chi connectivity index (χ4n) is 3.29. The maximum atomic E-state index is 12.6. The zero-order valence-electron chi connectivity index (χ0n) is 14.6. The number of aromatic nitrogens is 2. The van der Waals surface area contributed by atoms with Crippen molar-refractivity contribution in [1.29, 1.82) is 0 Å². The molecule has 2 heterocycles. The van der Waals surface area contributed by atoms with Gasteiger partial charge in [0.05, 0.1) is 28.4 Å². The van der Waals surface area contributed by atoms with Gasteiger partial charge in [0.2, 0.25) is 0 Å². The van der Waals surface area contributed by atoms with E-state index in [2.05, 4.69) is 4.98 Å². The summed E-state index contributed by atoms with van der Waals surface area (Å²) in [7, 11) is 0. The summed E-state index contributed by atoms with van der Waals surface area (Å²) in [5, 5.41) is 21.6. The third-order valence-electron chi connectivity index (χ3n) is 4.49. The Hall–Kier alpha value is -3.49. The second-order valence-corrected chi connectivity index (χ2v) is 6.19. The molecule has 0 aliphatic carbocycles. The quantitative estimate of drug-likeness (QED) is 0.589. The molecule has 1 amide bonds. The lowest BCUT2D eigenvalue weighted by molar-refractivity contribution is -0.385. The molecule has 0 saturated heterocycles. The van der Waals surface area contributed by atoms with Gasteiger partial charge in [0.15, 0.2) is 11.5 Å². The Morgan fingerprint density at radius 1 is 1.33 bits per heavy atom. The second kappa shape index (κ2) is 7.40. The molecule has 0 bridgehead atoms. The lowest BCUT2D eigenvalue weighted by Gasteiger charge is -2.26. The summed E-state index contributed by atoms with van der Waals surface area (Å²) in [4.78, 5) is 40.8. The Balaban J connectivity index is 1.95. The predicted molar refractivity (Wildman–Crippen MR) is 94.7 cm³/mol. The molecule has 1 aliphatic rings. The minimum atomic E-state index is -0.987. The van der Waals surface area contributed by atoms with Gasteiger partial charge < -0.3 is 14.6 Å². The van der Waals surface area contributed by atoms with Crippen LogP contribution in [0.4, 0.5) is 5.69 Å². The topological polar surface area (TPSA) is 119 Å². The molecule has 1 aromatic carbocycles. The zero-order chi connectivity index (χ0) is 19.6. The van der Waals surface area contributed by atoms with Gasteiger partial charge in [-0.3, -0.25) is 19.7 Å². The van der Waals surface area contributed by atoms with Crippen LogP contribution in [-0.4, -0.2) is 42.7 Å².